The van der Waals surface area contributed by atoms with Gasteiger partial charge in [-0.25, -0.2) is 4.79 Å². The molecule has 0 aliphatic heterocycles. The summed E-state index contributed by atoms with van der Waals surface area (Å²) in [4.78, 5) is 17.0. The molecule has 27 heavy (non-hydrogen) atoms. The number of hydrogen-bond acceptors (Lipinski definition) is 3. The van der Waals surface area contributed by atoms with Gasteiger partial charge in [-0.3, -0.25) is 4.57 Å². The van der Waals surface area contributed by atoms with Crippen molar-refractivity contribution in [1.29, 1.82) is 0 Å². The lowest BCUT2D eigenvalue weighted by Gasteiger charge is -2.13. The van der Waals surface area contributed by atoms with Gasteiger partial charge in [-0.05, 0) is 55.7 Å². The molecule has 1 aromatic heterocycles. The molecule has 1 aliphatic carbocycles. The van der Waals surface area contributed by atoms with Gasteiger partial charge in [0.15, 0.2) is 0 Å². The first kappa shape index (κ1) is 19.2. The van der Waals surface area contributed by atoms with Crippen LogP contribution < -0.4 is 10.4 Å². The van der Waals surface area contributed by atoms with Crippen molar-refractivity contribution in [3.8, 4) is 5.75 Å². The summed E-state index contributed by atoms with van der Waals surface area (Å²) in [5, 5.41) is 1.65. The topological polar surface area (TPSA) is 44.1 Å². The summed E-state index contributed by atoms with van der Waals surface area (Å²) in [5.41, 5.74) is 2.60. The fourth-order valence-corrected chi connectivity index (χ4v) is 3.18. The van der Waals surface area contributed by atoms with E-state index < -0.39 is 0 Å². The van der Waals surface area contributed by atoms with E-state index in [0.717, 1.165) is 40.8 Å². The van der Waals surface area contributed by atoms with Gasteiger partial charge >= 0.3 is 5.69 Å². The highest BCUT2D eigenvalue weighted by molar-refractivity contribution is 6.31. The Kier molecular flexibility index (Phi) is 5.97. The number of ether oxygens (including phenoxy) is 1. The van der Waals surface area contributed by atoms with Crippen LogP contribution in [0.1, 0.15) is 36.9 Å². The second kappa shape index (κ2) is 8.40. The van der Waals surface area contributed by atoms with Crippen LogP contribution in [0, 0.1) is 0 Å². The molecule has 5 heteroatoms. The lowest BCUT2D eigenvalue weighted by Crippen LogP contribution is -2.25. The number of rotatable bonds is 4. The molecule has 1 saturated carbocycles. The minimum Gasteiger partial charge on any atom is -0.497 e. The van der Waals surface area contributed by atoms with Crippen LogP contribution in [0.2, 0.25) is 5.02 Å². The Bertz CT molecular complexity index is 1010. The van der Waals surface area contributed by atoms with Gasteiger partial charge in [-0.2, -0.15) is 4.98 Å². The molecule has 0 spiro atoms. The van der Waals surface area contributed by atoms with Crippen LogP contribution in [-0.4, -0.2) is 16.7 Å². The lowest BCUT2D eigenvalue weighted by molar-refractivity contribution is 0.414. The number of fused-ring (bicyclic) bond motifs is 1. The molecule has 0 atom stereocenters. The zero-order chi connectivity index (χ0) is 19.4. The molecule has 0 radical (unpaired) electrons. The standard InChI is InChI=1S/C19H17ClN2O2.C3H6/c1-24-15-7-2-12(3-8-15)11-22-17-9-6-14(20)10-16(17)18(13-4-5-13)21-19(22)23;1-3-2/h2-3,6-10,13H,4-5,11H2,1H3;3H,1H2,2H3. The molecule has 3 aromatic rings. The van der Waals surface area contributed by atoms with E-state index in [1.54, 1.807) is 17.8 Å². The number of methoxy groups -OCH3 is 1. The number of halogens is 1. The highest BCUT2D eigenvalue weighted by Gasteiger charge is 2.28. The van der Waals surface area contributed by atoms with E-state index in [0.29, 0.717) is 17.5 Å². The Labute approximate surface area is 164 Å². The Hall–Kier alpha value is -2.59. The fraction of sp³-hybridized carbons (Fsp3) is 0.273. The highest BCUT2D eigenvalue weighted by atomic mass is 35.5. The van der Waals surface area contributed by atoms with Gasteiger partial charge in [0.05, 0.1) is 24.9 Å². The third-order valence-electron chi connectivity index (χ3n) is 4.44. The van der Waals surface area contributed by atoms with Crippen molar-refractivity contribution in [1.82, 2.24) is 9.55 Å². The zero-order valence-electron chi connectivity index (χ0n) is 15.6. The molecule has 1 aliphatic rings. The fourth-order valence-electron chi connectivity index (χ4n) is 3.01. The Balaban J connectivity index is 0.000000659. The van der Waals surface area contributed by atoms with E-state index in [4.69, 9.17) is 16.3 Å². The second-order valence-corrected chi connectivity index (χ2v) is 6.99. The molecule has 2 aromatic carbocycles. The van der Waals surface area contributed by atoms with Gasteiger partial charge in [0.1, 0.15) is 5.75 Å². The molecule has 0 amide bonds. The summed E-state index contributed by atoms with van der Waals surface area (Å²) >= 11 is 6.17. The number of aromatic nitrogens is 2. The van der Waals surface area contributed by atoms with Crippen molar-refractivity contribution in [3.63, 3.8) is 0 Å². The quantitative estimate of drug-likeness (QED) is 0.584. The third kappa shape index (κ3) is 4.40. The molecule has 1 heterocycles. The number of benzene rings is 2. The minimum absolute atomic E-state index is 0.206. The Morgan fingerprint density at radius 1 is 1.26 bits per heavy atom. The van der Waals surface area contributed by atoms with Crippen LogP contribution >= 0.6 is 11.6 Å². The molecular weight excluding hydrogens is 360 g/mol. The van der Waals surface area contributed by atoms with E-state index in [2.05, 4.69) is 11.6 Å². The Morgan fingerprint density at radius 2 is 1.93 bits per heavy atom. The smallest absolute Gasteiger partial charge is 0.348 e. The van der Waals surface area contributed by atoms with Crippen molar-refractivity contribution in [2.75, 3.05) is 7.11 Å². The molecular formula is C22H23ClN2O2. The third-order valence-corrected chi connectivity index (χ3v) is 4.67. The van der Waals surface area contributed by atoms with Crippen LogP contribution in [0.4, 0.5) is 0 Å². The Morgan fingerprint density at radius 3 is 2.52 bits per heavy atom. The van der Waals surface area contributed by atoms with Crippen molar-refractivity contribution in [2.24, 2.45) is 0 Å². The van der Waals surface area contributed by atoms with Gasteiger partial charge in [-0.15, -0.1) is 6.58 Å². The summed E-state index contributed by atoms with van der Waals surface area (Å²) in [6.45, 7) is 5.72. The summed E-state index contributed by atoms with van der Waals surface area (Å²) in [7, 11) is 1.64. The van der Waals surface area contributed by atoms with Gasteiger partial charge in [0, 0.05) is 16.3 Å². The summed E-state index contributed by atoms with van der Waals surface area (Å²) in [6, 6.07) is 13.4. The van der Waals surface area contributed by atoms with Crippen molar-refractivity contribution < 1.29 is 4.74 Å². The molecule has 140 valence electrons. The van der Waals surface area contributed by atoms with Crippen LogP contribution in [0.3, 0.4) is 0 Å². The van der Waals surface area contributed by atoms with E-state index >= 15 is 0 Å². The number of allylic oxidation sites excluding steroid dienone is 1. The van der Waals surface area contributed by atoms with Crippen LogP contribution in [0.5, 0.6) is 5.75 Å². The van der Waals surface area contributed by atoms with Crippen molar-refractivity contribution >= 4 is 22.5 Å². The minimum atomic E-state index is -0.206. The summed E-state index contributed by atoms with van der Waals surface area (Å²) in [5.74, 6) is 1.19. The lowest BCUT2D eigenvalue weighted by atomic mass is 10.1. The first-order valence-corrected chi connectivity index (χ1v) is 9.35. The largest absolute Gasteiger partial charge is 0.497 e. The zero-order valence-corrected chi connectivity index (χ0v) is 16.4. The maximum Gasteiger partial charge on any atom is 0.348 e. The normalized spacial score (nSPS) is 13.0. The van der Waals surface area contributed by atoms with Gasteiger partial charge < -0.3 is 4.74 Å². The summed E-state index contributed by atoms with van der Waals surface area (Å²) in [6.07, 6.45) is 3.94. The monoisotopic (exact) mass is 382 g/mol. The van der Waals surface area contributed by atoms with E-state index in [-0.39, 0.29) is 5.69 Å². The number of nitrogens with zero attached hydrogens (tertiary/aromatic N) is 2. The van der Waals surface area contributed by atoms with Crippen molar-refractivity contribution in [2.45, 2.75) is 32.2 Å². The molecule has 0 unspecified atom stereocenters. The maximum atomic E-state index is 12.6. The molecule has 0 saturated heterocycles. The molecule has 0 N–H and O–H groups in total. The van der Waals surface area contributed by atoms with Gasteiger partial charge in [0.2, 0.25) is 0 Å². The first-order chi connectivity index (χ1) is 13.1. The van der Waals surface area contributed by atoms with E-state index in [9.17, 15) is 4.79 Å². The molecule has 4 rings (SSSR count). The van der Waals surface area contributed by atoms with Crippen LogP contribution in [0.15, 0.2) is 59.9 Å². The van der Waals surface area contributed by atoms with Gasteiger partial charge in [-0.1, -0.05) is 29.8 Å². The molecule has 1 fully saturated rings. The molecule has 0 bridgehead atoms. The van der Waals surface area contributed by atoms with Gasteiger partial charge in [0.25, 0.3) is 0 Å². The highest BCUT2D eigenvalue weighted by Crippen LogP contribution is 2.41. The van der Waals surface area contributed by atoms with E-state index in [1.165, 1.54) is 0 Å². The van der Waals surface area contributed by atoms with Crippen LogP contribution in [-0.2, 0) is 6.54 Å². The average Bonchev–Trinajstić information content (AvgIpc) is 3.50. The second-order valence-electron chi connectivity index (χ2n) is 6.56. The predicted octanol–water partition coefficient (Wildman–Crippen LogP) is 5.18. The van der Waals surface area contributed by atoms with Crippen LogP contribution in [0.25, 0.3) is 10.9 Å². The van der Waals surface area contributed by atoms with Crippen molar-refractivity contribution in [3.05, 3.63) is 81.9 Å². The molecule has 4 nitrogen and oxygen atoms in total. The van der Waals surface area contributed by atoms with E-state index in [1.807, 2.05) is 49.4 Å². The summed E-state index contributed by atoms with van der Waals surface area (Å²) < 4.78 is 6.89. The first-order valence-electron chi connectivity index (χ1n) is 8.97. The predicted molar refractivity (Wildman–Crippen MR) is 111 cm³/mol. The SMILES string of the molecule is C=CC.COc1ccc(Cn2c(=O)nc(C3CC3)c3cc(Cl)ccc32)cc1. The maximum absolute atomic E-state index is 12.6. The average molecular weight is 383 g/mol. The number of hydrogen-bond donors (Lipinski definition) is 0.